The van der Waals surface area contributed by atoms with E-state index in [1.807, 2.05) is 18.9 Å². The van der Waals surface area contributed by atoms with Crippen molar-refractivity contribution in [1.82, 2.24) is 20.2 Å². The molecule has 1 fully saturated rings. The molecule has 1 N–H and O–H groups in total. The van der Waals surface area contributed by atoms with Gasteiger partial charge in [-0.2, -0.15) is 0 Å². The molecule has 0 aromatic carbocycles. The lowest BCUT2D eigenvalue weighted by Gasteiger charge is -2.32. The third-order valence-electron chi connectivity index (χ3n) is 3.30. The van der Waals surface area contributed by atoms with Crippen LogP contribution in [0.25, 0.3) is 0 Å². The summed E-state index contributed by atoms with van der Waals surface area (Å²) in [4.78, 5) is 22.4. The first-order chi connectivity index (χ1) is 8.70. The summed E-state index contributed by atoms with van der Waals surface area (Å²) >= 11 is 0. The van der Waals surface area contributed by atoms with Gasteiger partial charge in [0, 0.05) is 19.3 Å². The summed E-state index contributed by atoms with van der Waals surface area (Å²) in [6.45, 7) is 4.47. The van der Waals surface area contributed by atoms with E-state index in [0.29, 0.717) is 11.6 Å². The molecule has 0 bridgehead atoms. The predicted octanol–water partition coefficient (Wildman–Crippen LogP) is 1.70. The molecule has 1 aliphatic heterocycles. The number of aryl methyl sites for hydroxylation is 1. The summed E-state index contributed by atoms with van der Waals surface area (Å²) in [7, 11) is 1.95. The van der Waals surface area contributed by atoms with Gasteiger partial charge in [-0.1, -0.05) is 0 Å². The Hall–Kier alpha value is -0.910. The van der Waals surface area contributed by atoms with Crippen LogP contribution in [0.2, 0.25) is 0 Å². The van der Waals surface area contributed by atoms with Gasteiger partial charge in [-0.3, -0.25) is 9.78 Å². The molecule has 0 radical (unpaired) electrons. The zero-order valence-corrected chi connectivity index (χ0v) is 13.5. The Bertz CT molecular complexity index is 411. The fourth-order valence-electron chi connectivity index (χ4n) is 2.37. The van der Waals surface area contributed by atoms with Crippen LogP contribution in [-0.4, -0.2) is 47.5 Å². The number of rotatable bonds is 3. The minimum atomic E-state index is 0. The van der Waals surface area contributed by atoms with Crippen LogP contribution in [0.4, 0.5) is 0 Å². The molecular weight excluding hydrogens is 299 g/mol. The number of carbonyl (C=O) groups is 1. The standard InChI is InChI=1S/C13H20N4O.2ClH/c1-10-6-16-12(8-15-10)13(18)17-5-3-4-11(9-17)7-14-2;;/h6,8,11,14H,3-5,7,9H2,1-2H3;2*1H. The summed E-state index contributed by atoms with van der Waals surface area (Å²) in [5, 5.41) is 3.18. The van der Waals surface area contributed by atoms with Crippen molar-refractivity contribution in [1.29, 1.82) is 0 Å². The summed E-state index contributed by atoms with van der Waals surface area (Å²) in [5.74, 6) is 0.550. The molecule has 1 atom stereocenters. The molecule has 7 heteroatoms. The molecule has 0 saturated carbocycles. The fourth-order valence-corrected chi connectivity index (χ4v) is 2.37. The molecule has 5 nitrogen and oxygen atoms in total. The van der Waals surface area contributed by atoms with Gasteiger partial charge in [-0.05, 0) is 39.3 Å². The molecule has 2 heterocycles. The smallest absolute Gasteiger partial charge is 0.274 e. The second-order valence-electron chi connectivity index (χ2n) is 4.86. The van der Waals surface area contributed by atoms with E-state index in [2.05, 4.69) is 15.3 Å². The van der Waals surface area contributed by atoms with Crippen LogP contribution in [0.5, 0.6) is 0 Å². The minimum Gasteiger partial charge on any atom is -0.337 e. The van der Waals surface area contributed by atoms with Crippen molar-refractivity contribution in [3.8, 4) is 0 Å². The molecule has 1 aromatic rings. The van der Waals surface area contributed by atoms with Gasteiger partial charge in [0.2, 0.25) is 0 Å². The van der Waals surface area contributed by atoms with Gasteiger partial charge in [0.25, 0.3) is 5.91 Å². The molecule has 1 saturated heterocycles. The number of nitrogens with one attached hydrogen (secondary N) is 1. The number of likely N-dealkylation sites (tertiary alicyclic amines) is 1. The van der Waals surface area contributed by atoms with Crippen LogP contribution < -0.4 is 5.32 Å². The monoisotopic (exact) mass is 320 g/mol. The van der Waals surface area contributed by atoms with Gasteiger partial charge in [0.15, 0.2) is 0 Å². The molecule has 1 aliphatic rings. The second kappa shape index (κ2) is 9.10. The van der Waals surface area contributed by atoms with Crippen LogP contribution >= 0.6 is 24.8 Å². The molecule has 2 rings (SSSR count). The fraction of sp³-hybridized carbons (Fsp3) is 0.615. The molecule has 0 spiro atoms. The van der Waals surface area contributed by atoms with Crippen LogP contribution in [0.3, 0.4) is 0 Å². The maximum atomic E-state index is 12.3. The summed E-state index contributed by atoms with van der Waals surface area (Å²) in [5.41, 5.74) is 1.28. The first kappa shape index (κ1) is 19.1. The van der Waals surface area contributed by atoms with E-state index in [1.54, 1.807) is 12.4 Å². The highest BCUT2D eigenvalue weighted by Crippen LogP contribution is 2.17. The van der Waals surface area contributed by atoms with Crippen LogP contribution in [0, 0.1) is 12.8 Å². The highest BCUT2D eigenvalue weighted by molar-refractivity contribution is 5.92. The largest absolute Gasteiger partial charge is 0.337 e. The molecular formula is C13H22Cl2N4O. The maximum Gasteiger partial charge on any atom is 0.274 e. The van der Waals surface area contributed by atoms with E-state index in [4.69, 9.17) is 0 Å². The Labute approximate surface area is 132 Å². The maximum absolute atomic E-state index is 12.3. The number of carbonyl (C=O) groups excluding carboxylic acids is 1. The van der Waals surface area contributed by atoms with Gasteiger partial charge in [0.1, 0.15) is 5.69 Å². The predicted molar refractivity (Wildman–Crippen MR) is 83.8 cm³/mol. The van der Waals surface area contributed by atoms with E-state index in [-0.39, 0.29) is 30.7 Å². The third kappa shape index (κ3) is 4.89. The molecule has 114 valence electrons. The molecule has 1 unspecified atom stereocenters. The van der Waals surface area contributed by atoms with Crippen molar-refractivity contribution in [2.45, 2.75) is 19.8 Å². The lowest BCUT2D eigenvalue weighted by Crippen LogP contribution is -2.42. The lowest BCUT2D eigenvalue weighted by molar-refractivity contribution is 0.0668. The van der Waals surface area contributed by atoms with E-state index >= 15 is 0 Å². The van der Waals surface area contributed by atoms with Crippen LogP contribution in [-0.2, 0) is 0 Å². The van der Waals surface area contributed by atoms with Crippen molar-refractivity contribution >= 4 is 30.7 Å². The first-order valence-corrected chi connectivity index (χ1v) is 6.43. The highest BCUT2D eigenvalue weighted by Gasteiger charge is 2.24. The molecule has 20 heavy (non-hydrogen) atoms. The van der Waals surface area contributed by atoms with Gasteiger partial charge >= 0.3 is 0 Å². The van der Waals surface area contributed by atoms with Crippen molar-refractivity contribution in [3.63, 3.8) is 0 Å². The van der Waals surface area contributed by atoms with Crippen molar-refractivity contribution in [2.75, 3.05) is 26.7 Å². The first-order valence-electron chi connectivity index (χ1n) is 6.43. The summed E-state index contributed by atoms with van der Waals surface area (Å²) < 4.78 is 0. The number of hydrogen-bond acceptors (Lipinski definition) is 4. The zero-order valence-electron chi connectivity index (χ0n) is 11.8. The molecule has 1 amide bonds. The normalized spacial score (nSPS) is 17.9. The number of nitrogens with zero attached hydrogens (tertiary/aromatic N) is 3. The topological polar surface area (TPSA) is 58.1 Å². The number of halogens is 2. The van der Waals surface area contributed by atoms with Crippen molar-refractivity contribution < 1.29 is 4.79 Å². The average molecular weight is 321 g/mol. The van der Waals surface area contributed by atoms with Gasteiger partial charge in [-0.15, -0.1) is 24.8 Å². The van der Waals surface area contributed by atoms with E-state index in [0.717, 1.165) is 31.7 Å². The number of aromatic nitrogens is 2. The third-order valence-corrected chi connectivity index (χ3v) is 3.30. The van der Waals surface area contributed by atoms with Crippen molar-refractivity contribution in [3.05, 3.63) is 23.8 Å². The number of piperidine rings is 1. The van der Waals surface area contributed by atoms with Crippen LogP contribution in [0.1, 0.15) is 29.0 Å². The summed E-state index contributed by atoms with van der Waals surface area (Å²) in [6, 6.07) is 0. The number of hydrogen-bond donors (Lipinski definition) is 1. The Morgan fingerprint density at radius 2 is 2.15 bits per heavy atom. The van der Waals surface area contributed by atoms with E-state index in [9.17, 15) is 4.79 Å². The van der Waals surface area contributed by atoms with Gasteiger partial charge < -0.3 is 10.2 Å². The molecule has 1 aromatic heterocycles. The minimum absolute atomic E-state index is 0. The van der Waals surface area contributed by atoms with Crippen molar-refractivity contribution in [2.24, 2.45) is 5.92 Å². The zero-order chi connectivity index (χ0) is 13.0. The second-order valence-corrected chi connectivity index (χ2v) is 4.86. The Morgan fingerprint density at radius 3 is 2.75 bits per heavy atom. The van der Waals surface area contributed by atoms with Crippen LogP contribution in [0.15, 0.2) is 12.4 Å². The summed E-state index contributed by atoms with van der Waals surface area (Å²) in [6.07, 6.45) is 5.46. The molecule has 0 aliphatic carbocycles. The Morgan fingerprint density at radius 1 is 1.40 bits per heavy atom. The number of amides is 1. The van der Waals surface area contributed by atoms with Gasteiger partial charge in [-0.25, -0.2) is 4.98 Å². The lowest BCUT2D eigenvalue weighted by atomic mass is 9.98. The highest BCUT2D eigenvalue weighted by atomic mass is 35.5. The average Bonchev–Trinajstić information content (AvgIpc) is 2.39. The Balaban J connectivity index is 0.00000180. The van der Waals surface area contributed by atoms with E-state index < -0.39 is 0 Å². The SMILES string of the molecule is CNCC1CCCN(C(=O)c2cnc(C)cn2)C1.Cl.Cl. The Kier molecular flexibility index (Phi) is 8.69. The quantitative estimate of drug-likeness (QED) is 0.921. The van der Waals surface area contributed by atoms with Gasteiger partial charge in [0.05, 0.1) is 11.9 Å². The van der Waals surface area contributed by atoms with E-state index in [1.165, 1.54) is 6.42 Å².